The van der Waals surface area contributed by atoms with Gasteiger partial charge in [-0.05, 0) is 42.7 Å². The number of carboxylic acid groups (broad SMARTS) is 1. The number of hydrogen-bond donors (Lipinski definition) is 2. The molecule has 40 heavy (non-hydrogen) atoms. The van der Waals surface area contributed by atoms with E-state index in [-0.39, 0.29) is 28.7 Å². The summed E-state index contributed by atoms with van der Waals surface area (Å²) in [4.78, 5) is 37.6. The van der Waals surface area contributed by atoms with Crippen molar-refractivity contribution in [2.45, 2.75) is 19.4 Å². The van der Waals surface area contributed by atoms with E-state index in [0.717, 1.165) is 12.2 Å². The van der Waals surface area contributed by atoms with Gasteiger partial charge in [0.1, 0.15) is 28.8 Å². The number of pyridine rings is 3. The van der Waals surface area contributed by atoms with E-state index in [1.165, 1.54) is 18.5 Å². The number of nitrogens with two attached hydrogens (primary N) is 1. The molecule has 3 aromatic heterocycles. The lowest BCUT2D eigenvalue weighted by atomic mass is 10.0. The van der Waals surface area contributed by atoms with Crippen LogP contribution in [0.1, 0.15) is 23.7 Å². The van der Waals surface area contributed by atoms with Crippen LogP contribution in [-0.2, 0) is 0 Å². The van der Waals surface area contributed by atoms with Crippen molar-refractivity contribution in [1.29, 1.82) is 0 Å². The van der Waals surface area contributed by atoms with Crippen molar-refractivity contribution in [2.24, 2.45) is 5.92 Å². The third-order valence-electron chi connectivity index (χ3n) is 7.19. The fourth-order valence-electron chi connectivity index (χ4n) is 5.00. The number of anilines is 3. The van der Waals surface area contributed by atoms with Gasteiger partial charge in [0, 0.05) is 44.5 Å². The van der Waals surface area contributed by atoms with Crippen LogP contribution in [0.2, 0.25) is 10.0 Å². The molecular formula is C28H28Cl2N6O4. The van der Waals surface area contributed by atoms with E-state index in [1.807, 2.05) is 31.1 Å². The van der Waals surface area contributed by atoms with Crippen LogP contribution >= 0.6 is 23.2 Å². The predicted molar refractivity (Wildman–Crippen MR) is 158 cm³/mol. The largest absolute Gasteiger partial charge is 0.477 e. The van der Waals surface area contributed by atoms with Crippen molar-refractivity contribution >= 4 is 57.4 Å². The van der Waals surface area contributed by atoms with Crippen molar-refractivity contribution in [3.63, 3.8) is 0 Å². The second-order valence-electron chi connectivity index (χ2n) is 10.00. The number of halogens is 2. The van der Waals surface area contributed by atoms with Gasteiger partial charge in [-0.15, -0.1) is 0 Å². The molecule has 1 aromatic carbocycles. The summed E-state index contributed by atoms with van der Waals surface area (Å²) >= 11 is 13.1. The summed E-state index contributed by atoms with van der Waals surface area (Å²) < 4.78 is 7.76. The first-order valence-corrected chi connectivity index (χ1v) is 13.4. The molecule has 0 radical (unpaired) electrons. The zero-order valence-corrected chi connectivity index (χ0v) is 23.6. The van der Waals surface area contributed by atoms with Crippen LogP contribution in [0.4, 0.5) is 17.3 Å². The lowest BCUT2D eigenvalue weighted by Gasteiger charge is -2.30. The molecule has 2 atom stereocenters. The molecule has 1 aliphatic rings. The third-order valence-corrected chi connectivity index (χ3v) is 7.78. The predicted octanol–water partition coefficient (Wildman–Crippen LogP) is 4.73. The number of carboxylic acids is 1. The number of hydrogen-bond acceptors (Lipinski definition) is 8. The second kappa shape index (κ2) is 10.9. The molecule has 1 aliphatic heterocycles. The van der Waals surface area contributed by atoms with E-state index in [0.29, 0.717) is 46.0 Å². The summed E-state index contributed by atoms with van der Waals surface area (Å²) in [5.74, 6) is 0.260. The lowest BCUT2D eigenvalue weighted by molar-refractivity contribution is 0.0695. The highest BCUT2D eigenvalue weighted by atomic mass is 35.5. The highest BCUT2D eigenvalue weighted by molar-refractivity contribution is 6.34. The Morgan fingerprint density at radius 3 is 2.67 bits per heavy atom. The van der Waals surface area contributed by atoms with E-state index >= 15 is 0 Å². The van der Waals surface area contributed by atoms with Gasteiger partial charge in [-0.2, -0.15) is 4.98 Å². The van der Waals surface area contributed by atoms with Gasteiger partial charge >= 0.3 is 5.97 Å². The molecule has 10 nitrogen and oxygen atoms in total. The highest BCUT2D eigenvalue weighted by Gasteiger charge is 2.34. The molecule has 4 heterocycles. The Hall–Kier alpha value is -4.02. The van der Waals surface area contributed by atoms with Crippen molar-refractivity contribution in [3.05, 3.63) is 74.6 Å². The van der Waals surface area contributed by atoms with E-state index in [4.69, 9.17) is 33.7 Å². The molecule has 5 rings (SSSR count). The number of aromatic nitrogens is 3. The summed E-state index contributed by atoms with van der Waals surface area (Å²) in [6, 6.07) is 10.1. The molecule has 0 aliphatic carbocycles. The average Bonchev–Trinajstić information content (AvgIpc) is 3.27. The highest BCUT2D eigenvalue weighted by Crippen LogP contribution is 2.38. The van der Waals surface area contributed by atoms with Gasteiger partial charge < -0.3 is 29.9 Å². The Kier molecular flexibility index (Phi) is 7.48. The van der Waals surface area contributed by atoms with E-state index in [1.54, 1.807) is 22.8 Å². The summed E-state index contributed by atoms with van der Waals surface area (Å²) in [6.45, 7) is 3.16. The number of benzene rings is 1. The van der Waals surface area contributed by atoms with Crippen molar-refractivity contribution in [1.82, 2.24) is 14.5 Å². The SMILES string of the molecule is CC1CCN(c2cc3c(cc2Cl)c(=O)c(C(=O)O)cn3-c2ccnc(N)c2)[C@H]1COc1nc(N(C)C)ccc1Cl. The van der Waals surface area contributed by atoms with Crippen LogP contribution in [0, 0.1) is 5.92 Å². The number of aromatic carboxylic acids is 1. The number of fused-ring (bicyclic) bond motifs is 1. The minimum Gasteiger partial charge on any atom is -0.477 e. The number of ether oxygens (including phenoxy) is 1. The minimum atomic E-state index is -1.33. The first kappa shape index (κ1) is 27.5. The van der Waals surface area contributed by atoms with Gasteiger partial charge in [0.05, 0.1) is 28.0 Å². The summed E-state index contributed by atoms with van der Waals surface area (Å²) in [7, 11) is 3.78. The molecule has 4 aromatic rings. The molecular weight excluding hydrogens is 555 g/mol. The number of nitrogens with zero attached hydrogens (tertiary/aromatic N) is 5. The molecule has 0 amide bonds. The lowest BCUT2D eigenvalue weighted by Crippen LogP contribution is -2.37. The van der Waals surface area contributed by atoms with Gasteiger partial charge in [-0.1, -0.05) is 30.1 Å². The molecule has 1 unspecified atom stereocenters. The molecule has 0 bridgehead atoms. The summed E-state index contributed by atoms with van der Waals surface area (Å²) in [5, 5.41) is 10.6. The maximum Gasteiger partial charge on any atom is 0.341 e. The van der Waals surface area contributed by atoms with Crippen molar-refractivity contribution < 1.29 is 14.6 Å². The number of rotatable bonds is 7. The van der Waals surface area contributed by atoms with Gasteiger partial charge in [-0.25, -0.2) is 9.78 Å². The first-order chi connectivity index (χ1) is 19.0. The van der Waals surface area contributed by atoms with Crippen LogP contribution < -0.4 is 25.7 Å². The molecule has 3 N–H and O–H groups in total. The number of carbonyl (C=O) groups is 1. The van der Waals surface area contributed by atoms with Gasteiger partial charge in [0.25, 0.3) is 0 Å². The smallest absolute Gasteiger partial charge is 0.341 e. The molecule has 1 fully saturated rings. The van der Waals surface area contributed by atoms with Gasteiger partial charge in [0.2, 0.25) is 11.3 Å². The summed E-state index contributed by atoms with van der Waals surface area (Å²) in [5.41, 5.74) is 6.66. The Morgan fingerprint density at radius 1 is 1.20 bits per heavy atom. The van der Waals surface area contributed by atoms with Crippen molar-refractivity contribution in [2.75, 3.05) is 42.8 Å². The van der Waals surface area contributed by atoms with Crippen LogP contribution in [0.5, 0.6) is 5.88 Å². The molecule has 1 saturated heterocycles. The standard InChI is InChI=1S/C28H28Cl2N6O4/c1-15-7-9-35(23(15)14-40-27-19(29)4-5-25(33-27)34(2)3)22-12-21-17(11-20(22)30)26(37)18(28(38)39)13-36(21)16-6-8-32-24(31)10-16/h4-6,8,10-13,15,23H,7,9,14H2,1-3H3,(H2,31,32)(H,38,39)/t15?,23-/m0/s1. The molecule has 0 spiro atoms. The Bertz CT molecular complexity index is 1680. The first-order valence-electron chi connectivity index (χ1n) is 12.6. The third kappa shape index (κ3) is 5.12. The maximum atomic E-state index is 13.1. The minimum absolute atomic E-state index is 0.0640. The van der Waals surface area contributed by atoms with Gasteiger partial charge in [-0.3, -0.25) is 4.79 Å². The number of nitrogen functional groups attached to an aromatic ring is 1. The van der Waals surface area contributed by atoms with Crippen LogP contribution in [0.25, 0.3) is 16.6 Å². The Balaban J connectivity index is 1.58. The second-order valence-corrected chi connectivity index (χ2v) is 10.8. The topological polar surface area (TPSA) is 127 Å². The van der Waals surface area contributed by atoms with E-state index < -0.39 is 11.4 Å². The van der Waals surface area contributed by atoms with Crippen molar-refractivity contribution in [3.8, 4) is 11.6 Å². The normalized spacial score (nSPS) is 16.9. The van der Waals surface area contributed by atoms with Crippen LogP contribution in [-0.4, -0.2) is 58.9 Å². The molecule has 0 saturated carbocycles. The van der Waals surface area contributed by atoms with Crippen LogP contribution in [0.15, 0.2) is 53.6 Å². The maximum absolute atomic E-state index is 13.1. The Labute approximate surface area is 240 Å². The van der Waals surface area contributed by atoms with E-state index in [9.17, 15) is 14.7 Å². The fourth-order valence-corrected chi connectivity index (χ4v) is 5.43. The van der Waals surface area contributed by atoms with Gasteiger partial charge in [0.15, 0.2) is 0 Å². The Morgan fingerprint density at radius 2 is 1.98 bits per heavy atom. The quantitative estimate of drug-likeness (QED) is 0.318. The zero-order chi connectivity index (χ0) is 28.7. The molecule has 208 valence electrons. The molecule has 12 heteroatoms. The van der Waals surface area contributed by atoms with Crippen LogP contribution in [0.3, 0.4) is 0 Å². The summed E-state index contributed by atoms with van der Waals surface area (Å²) in [6.07, 6.45) is 3.72. The average molecular weight is 583 g/mol. The monoisotopic (exact) mass is 582 g/mol. The van der Waals surface area contributed by atoms with E-state index in [2.05, 4.69) is 21.8 Å². The fraction of sp³-hybridized carbons (Fsp3) is 0.286. The zero-order valence-electron chi connectivity index (χ0n) is 22.1.